The summed E-state index contributed by atoms with van der Waals surface area (Å²) < 4.78 is 0. The number of nitrogens with zero attached hydrogens (tertiary/aromatic N) is 2. The summed E-state index contributed by atoms with van der Waals surface area (Å²) >= 11 is 0. The van der Waals surface area contributed by atoms with E-state index in [1.165, 1.54) is 10.9 Å². The first kappa shape index (κ1) is 15.7. The number of amides is 2. The smallest absolute Gasteiger partial charge is 0.315 e. The fourth-order valence-corrected chi connectivity index (χ4v) is 3.13. The first-order valence-electron chi connectivity index (χ1n) is 8.24. The summed E-state index contributed by atoms with van der Waals surface area (Å²) in [5.74, 6) is 0. The normalized spacial score (nSPS) is 18.5. The number of carbonyl (C=O) groups is 1. The van der Waals surface area contributed by atoms with Crippen molar-refractivity contribution in [2.45, 2.75) is 38.9 Å². The van der Waals surface area contributed by atoms with E-state index >= 15 is 0 Å². The van der Waals surface area contributed by atoms with Crippen LogP contribution in [0.1, 0.15) is 25.8 Å². The van der Waals surface area contributed by atoms with E-state index < -0.39 is 0 Å². The molecule has 1 aliphatic heterocycles. The van der Waals surface area contributed by atoms with Crippen LogP contribution in [0.25, 0.3) is 10.9 Å². The van der Waals surface area contributed by atoms with E-state index in [0.717, 1.165) is 31.6 Å². The molecule has 5 heteroatoms. The van der Waals surface area contributed by atoms with Crippen molar-refractivity contribution in [2.24, 2.45) is 0 Å². The maximum absolute atomic E-state index is 11.8. The summed E-state index contributed by atoms with van der Waals surface area (Å²) in [6.45, 7) is 6.72. The molecule has 3 rings (SSSR count). The molecule has 2 N–H and O–H groups in total. The molecule has 1 aliphatic rings. The van der Waals surface area contributed by atoms with Crippen molar-refractivity contribution in [1.29, 1.82) is 0 Å². The van der Waals surface area contributed by atoms with Crippen LogP contribution in [0.3, 0.4) is 0 Å². The first-order chi connectivity index (χ1) is 11.1. The fraction of sp³-hybridized carbons (Fsp3) is 0.444. The van der Waals surface area contributed by atoms with E-state index in [2.05, 4.69) is 38.7 Å². The van der Waals surface area contributed by atoms with Crippen molar-refractivity contribution in [3.63, 3.8) is 0 Å². The second kappa shape index (κ2) is 6.96. The second-order valence-corrected chi connectivity index (χ2v) is 6.48. The van der Waals surface area contributed by atoms with E-state index in [0.29, 0.717) is 0 Å². The Bertz CT molecular complexity index is 680. The lowest BCUT2D eigenvalue weighted by Gasteiger charge is -2.18. The van der Waals surface area contributed by atoms with Gasteiger partial charge in [0.05, 0.1) is 5.52 Å². The average Bonchev–Trinajstić information content (AvgIpc) is 2.94. The number of hydrogen-bond acceptors (Lipinski definition) is 3. The van der Waals surface area contributed by atoms with Gasteiger partial charge in [0.1, 0.15) is 0 Å². The quantitative estimate of drug-likeness (QED) is 0.912. The van der Waals surface area contributed by atoms with Gasteiger partial charge in [0.25, 0.3) is 0 Å². The molecule has 5 nitrogen and oxygen atoms in total. The second-order valence-electron chi connectivity index (χ2n) is 6.48. The number of carbonyl (C=O) groups excluding carboxylic acids is 1. The monoisotopic (exact) mass is 312 g/mol. The van der Waals surface area contributed by atoms with Crippen LogP contribution in [-0.2, 0) is 6.54 Å². The Kier molecular flexibility index (Phi) is 4.76. The number of rotatable bonds is 4. The molecule has 23 heavy (non-hydrogen) atoms. The molecular formula is C18H24N4O. The number of aromatic nitrogens is 1. The molecule has 0 aliphatic carbocycles. The third-order valence-corrected chi connectivity index (χ3v) is 4.16. The summed E-state index contributed by atoms with van der Waals surface area (Å²) in [5, 5.41) is 7.15. The zero-order valence-corrected chi connectivity index (χ0v) is 13.7. The SMILES string of the molecule is CC(C)NC(=O)NC1CCN(Cc2cccc3ncccc23)C1. The van der Waals surface area contributed by atoms with E-state index in [1.54, 1.807) is 0 Å². The van der Waals surface area contributed by atoms with Crippen molar-refractivity contribution in [2.75, 3.05) is 13.1 Å². The molecule has 122 valence electrons. The number of fused-ring (bicyclic) bond motifs is 1. The van der Waals surface area contributed by atoms with Gasteiger partial charge < -0.3 is 10.6 Å². The van der Waals surface area contributed by atoms with Gasteiger partial charge in [-0.05, 0) is 38.0 Å². The Hall–Kier alpha value is -2.14. The average molecular weight is 312 g/mol. The molecule has 0 saturated carbocycles. The Morgan fingerprint density at radius 3 is 3.04 bits per heavy atom. The van der Waals surface area contributed by atoms with Crippen molar-refractivity contribution in [3.8, 4) is 0 Å². The lowest BCUT2D eigenvalue weighted by atomic mass is 10.1. The van der Waals surface area contributed by atoms with Crippen molar-refractivity contribution < 1.29 is 4.79 Å². The van der Waals surface area contributed by atoms with Gasteiger partial charge in [0, 0.05) is 43.3 Å². The molecule has 0 radical (unpaired) electrons. The van der Waals surface area contributed by atoms with Crippen molar-refractivity contribution >= 4 is 16.9 Å². The third-order valence-electron chi connectivity index (χ3n) is 4.16. The van der Waals surface area contributed by atoms with Crippen LogP contribution in [-0.4, -0.2) is 41.1 Å². The molecule has 2 aromatic rings. The third kappa shape index (κ3) is 3.99. The van der Waals surface area contributed by atoms with Gasteiger partial charge >= 0.3 is 6.03 Å². The minimum atomic E-state index is -0.0683. The summed E-state index contributed by atoms with van der Waals surface area (Å²) in [5.41, 5.74) is 2.33. The van der Waals surface area contributed by atoms with Crippen LogP contribution in [0.5, 0.6) is 0 Å². The van der Waals surface area contributed by atoms with Gasteiger partial charge in [-0.3, -0.25) is 9.88 Å². The lowest BCUT2D eigenvalue weighted by Crippen LogP contribution is -2.45. The lowest BCUT2D eigenvalue weighted by molar-refractivity contribution is 0.234. The summed E-state index contributed by atoms with van der Waals surface area (Å²) in [4.78, 5) is 18.6. The fourth-order valence-electron chi connectivity index (χ4n) is 3.13. The van der Waals surface area contributed by atoms with Crippen molar-refractivity contribution in [3.05, 3.63) is 42.1 Å². The summed E-state index contributed by atoms with van der Waals surface area (Å²) in [6, 6.07) is 10.7. The van der Waals surface area contributed by atoms with E-state index in [4.69, 9.17) is 0 Å². The molecule has 0 bridgehead atoms. The maximum Gasteiger partial charge on any atom is 0.315 e. The van der Waals surface area contributed by atoms with Gasteiger partial charge in [0.2, 0.25) is 0 Å². The number of nitrogens with one attached hydrogen (secondary N) is 2. The van der Waals surface area contributed by atoms with Crippen LogP contribution in [0.15, 0.2) is 36.5 Å². The van der Waals surface area contributed by atoms with Crippen LogP contribution in [0.4, 0.5) is 4.79 Å². The van der Waals surface area contributed by atoms with Crippen molar-refractivity contribution in [1.82, 2.24) is 20.5 Å². The molecular weight excluding hydrogens is 288 g/mol. The number of pyridine rings is 1. The summed E-state index contributed by atoms with van der Waals surface area (Å²) in [6.07, 6.45) is 2.82. The number of urea groups is 1. The zero-order chi connectivity index (χ0) is 16.2. The predicted molar refractivity (Wildman–Crippen MR) is 92.2 cm³/mol. The van der Waals surface area contributed by atoms with Crippen LogP contribution in [0, 0.1) is 0 Å². The van der Waals surface area contributed by atoms with Crippen LogP contribution >= 0.6 is 0 Å². The highest BCUT2D eigenvalue weighted by Crippen LogP contribution is 2.20. The Morgan fingerprint density at radius 1 is 1.35 bits per heavy atom. The zero-order valence-electron chi connectivity index (χ0n) is 13.7. The highest BCUT2D eigenvalue weighted by Gasteiger charge is 2.24. The molecule has 0 spiro atoms. The predicted octanol–water partition coefficient (Wildman–Crippen LogP) is 2.52. The van der Waals surface area contributed by atoms with Gasteiger partial charge in [0.15, 0.2) is 0 Å². The Labute approximate surface area is 137 Å². The molecule has 1 fully saturated rings. The van der Waals surface area contributed by atoms with Gasteiger partial charge in [-0.2, -0.15) is 0 Å². The van der Waals surface area contributed by atoms with Crippen LogP contribution < -0.4 is 10.6 Å². The molecule has 1 unspecified atom stereocenters. The molecule has 2 amide bonds. The number of likely N-dealkylation sites (tertiary alicyclic amines) is 1. The number of benzene rings is 1. The first-order valence-corrected chi connectivity index (χ1v) is 8.24. The molecule has 1 aromatic carbocycles. The molecule has 1 atom stereocenters. The van der Waals surface area contributed by atoms with Gasteiger partial charge in [-0.1, -0.05) is 18.2 Å². The minimum absolute atomic E-state index is 0.0683. The molecule has 1 saturated heterocycles. The highest BCUT2D eigenvalue weighted by molar-refractivity contribution is 5.81. The molecule has 1 aromatic heterocycles. The van der Waals surface area contributed by atoms with E-state index in [1.807, 2.05) is 32.2 Å². The maximum atomic E-state index is 11.8. The largest absolute Gasteiger partial charge is 0.336 e. The Morgan fingerprint density at radius 2 is 2.22 bits per heavy atom. The van der Waals surface area contributed by atoms with E-state index in [-0.39, 0.29) is 18.1 Å². The van der Waals surface area contributed by atoms with Gasteiger partial charge in [-0.25, -0.2) is 4.79 Å². The standard InChI is InChI=1S/C18H24N4O/c1-13(2)20-18(23)21-15-8-10-22(12-15)11-14-5-3-7-17-16(14)6-4-9-19-17/h3-7,9,13,15H,8,10-12H2,1-2H3,(H2,20,21,23). The van der Waals surface area contributed by atoms with E-state index in [9.17, 15) is 4.79 Å². The number of hydrogen-bond donors (Lipinski definition) is 2. The summed E-state index contributed by atoms with van der Waals surface area (Å²) in [7, 11) is 0. The minimum Gasteiger partial charge on any atom is -0.336 e. The van der Waals surface area contributed by atoms with Gasteiger partial charge in [-0.15, -0.1) is 0 Å². The molecule has 2 heterocycles. The highest BCUT2D eigenvalue weighted by atomic mass is 16.2. The Balaban J connectivity index is 1.60. The van der Waals surface area contributed by atoms with Crippen LogP contribution in [0.2, 0.25) is 0 Å². The topological polar surface area (TPSA) is 57.3 Å².